The van der Waals surface area contributed by atoms with Crippen molar-refractivity contribution in [2.24, 2.45) is 0 Å². The summed E-state index contributed by atoms with van der Waals surface area (Å²) >= 11 is 1.52. The van der Waals surface area contributed by atoms with Gasteiger partial charge in [-0.1, -0.05) is 6.92 Å². The van der Waals surface area contributed by atoms with Crippen LogP contribution >= 0.6 is 11.3 Å². The number of amides is 1. The van der Waals surface area contributed by atoms with Gasteiger partial charge in [-0.2, -0.15) is 0 Å². The van der Waals surface area contributed by atoms with Crippen LogP contribution in [0.25, 0.3) is 0 Å². The molecule has 0 unspecified atom stereocenters. The van der Waals surface area contributed by atoms with E-state index >= 15 is 0 Å². The van der Waals surface area contributed by atoms with Gasteiger partial charge < -0.3 is 9.73 Å². The molecule has 1 aliphatic rings. The molecule has 0 aliphatic carbocycles. The van der Waals surface area contributed by atoms with E-state index in [-0.39, 0.29) is 5.91 Å². The van der Waals surface area contributed by atoms with Gasteiger partial charge in [-0.3, -0.25) is 10.1 Å². The second kappa shape index (κ2) is 5.14. The standard InChI is InChI=1S/C13H15N3O2S/c1-2-8-3-4-10(18-8)12(17)16-13-15-9-5-6-14-7-11(9)19-13/h3-4,14H,2,5-7H2,1H3,(H,15,16,17). The number of aryl methyl sites for hydroxylation is 1. The summed E-state index contributed by atoms with van der Waals surface area (Å²) in [5, 5.41) is 6.74. The van der Waals surface area contributed by atoms with Crippen molar-refractivity contribution in [1.82, 2.24) is 10.3 Å². The van der Waals surface area contributed by atoms with Gasteiger partial charge in [0.25, 0.3) is 5.91 Å². The molecular formula is C13H15N3O2S. The number of nitrogens with one attached hydrogen (secondary N) is 2. The van der Waals surface area contributed by atoms with Gasteiger partial charge in [0.2, 0.25) is 0 Å². The molecule has 3 heterocycles. The number of furan rings is 1. The minimum Gasteiger partial charge on any atom is -0.456 e. The predicted octanol–water partition coefficient (Wildman–Crippen LogP) is 2.20. The molecule has 2 N–H and O–H groups in total. The molecule has 0 saturated carbocycles. The first-order valence-corrected chi connectivity index (χ1v) is 7.17. The Bertz CT molecular complexity index is 579. The fraction of sp³-hybridized carbons (Fsp3) is 0.385. The Hall–Kier alpha value is -1.66. The zero-order valence-electron chi connectivity index (χ0n) is 10.7. The molecule has 2 aromatic rings. The first-order valence-electron chi connectivity index (χ1n) is 6.35. The van der Waals surface area contributed by atoms with E-state index in [4.69, 9.17) is 4.42 Å². The first-order chi connectivity index (χ1) is 9.26. The summed E-state index contributed by atoms with van der Waals surface area (Å²) in [7, 11) is 0. The highest BCUT2D eigenvalue weighted by molar-refractivity contribution is 7.15. The maximum absolute atomic E-state index is 12.0. The predicted molar refractivity (Wildman–Crippen MR) is 73.6 cm³/mol. The fourth-order valence-corrected chi connectivity index (χ4v) is 3.00. The number of thiazole rings is 1. The Morgan fingerprint density at radius 1 is 1.58 bits per heavy atom. The Kier molecular flexibility index (Phi) is 3.35. The summed E-state index contributed by atoms with van der Waals surface area (Å²) in [6, 6.07) is 3.52. The lowest BCUT2D eigenvalue weighted by Crippen LogP contribution is -2.22. The largest absolute Gasteiger partial charge is 0.456 e. The van der Waals surface area contributed by atoms with Crippen molar-refractivity contribution < 1.29 is 9.21 Å². The number of anilines is 1. The smallest absolute Gasteiger partial charge is 0.293 e. The van der Waals surface area contributed by atoms with Crippen molar-refractivity contribution in [2.45, 2.75) is 26.3 Å². The summed E-state index contributed by atoms with van der Waals surface area (Å²) in [5.41, 5.74) is 1.09. The third-order valence-electron chi connectivity index (χ3n) is 3.06. The van der Waals surface area contributed by atoms with Crippen LogP contribution < -0.4 is 10.6 Å². The molecule has 0 bridgehead atoms. The van der Waals surface area contributed by atoms with Gasteiger partial charge in [0.1, 0.15) is 5.76 Å². The molecule has 0 radical (unpaired) electrons. The molecule has 0 saturated heterocycles. The molecule has 6 heteroatoms. The molecule has 3 rings (SSSR count). The second-order valence-corrected chi connectivity index (χ2v) is 5.47. The van der Waals surface area contributed by atoms with Crippen LogP contribution in [0, 0.1) is 0 Å². The highest BCUT2D eigenvalue weighted by Crippen LogP contribution is 2.25. The average molecular weight is 277 g/mol. The van der Waals surface area contributed by atoms with Crippen LogP contribution in [0.15, 0.2) is 16.5 Å². The molecule has 0 atom stereocenters. The maximum Gasteiger partial charge on any atom is 0.293 e. The van der Waals surface area contributed by atoms with E-state index in [0.717, 1.165) is 37.4 Å². The highest BCUT2D eigenvalue weighted by atomic mass is 32.1. The SMILES string of the molecule is CCc1ccc(C(=O)Nc2nc3c(s2)CNCC3)o1. The van der Waals surface area contributed by atoms with Crippen molar-refractivity contribution in [3.63, 3.8) is 0 Å². The van der Waals surface area contributed by atoms with Crippen LogP contribution in [0.2, 0.25) is 0 Å². The Morgan fingerprint density at radius 2 is 2.47 bits per heavy atom. The minimum absolute atomic E-state index is 0.237. The number of carbonyl (C=O) groups is 1. The zero-order chi connectivity index (χ0) is 13.2. The van der Waals surface area contributed by atoms with Crippen LogP contribution in [0.1, 0.15) is 33.8 Å². The highest BCUT2D eigenvalue weighted by Gasteiger charge is 2.17. The number of carbonyl (C=O) groups excluding carboxylic acids is 1. The van der Waals surface area contributed by atoms with E-state index in [1.165, 1.54) is 16.2 Å². The van der Waals surface area contributed by atoms with Crippen LogP contribution in [-0.4, -0.2) is 17.4 Å². The lowest BCUT2D eigenvalue weighted by Gasteiger charge is -2.09. The van der Waals surface area contributed by atoms with Crippen molar-refractivity contribution in [1.29, 1.82) is 0 Å². The molecule has 100 valence electrons. The number of nitrogens with zero attached hydrogens (tertiary/aromatic N) is 1. The van der Waals surface area contributed by atoms with Crippen molar-refractivity contribution in [3.05, 3.63) is 34.2 Å². The quantitative estimate of drug-likeness (QED) is 0.902. The van der Waals surface area contributed by atoms with E-state index in [2.05, 4.69) is 15.6 Å². The van der Waals surface area contributed by atoms with Crippen molar-refractivity contribution in [2.75, 3.05) is 11.9 Å². The minimum atomic E-state index is -0.237. The lowest BCUT2D eigenvalue weighted by atomic mass is 10.2. The van der Waals surface area contributed by atoms with E-state index in [0.29, 0.717) is 10.9 Å². The zero-order valence-corrected chi connectivity index (χ0v) is 11.5. The van der Waals surface area contributed by atoms with Gasteiger partial charge in [-0.25, -0.2) is 4.98 Å². The van der Waals surface area contributed by atoms with Crippen LogP contribution in [0.3, 0.4) is 0 Å². The topological polar surface area (TPSA) is 67.2 Å². The Labute approximate surface area is 115 Å². The molecule has 1 aliphatic heterocycles. The van der Waals surface area contributed by atoms with Crippen LogP contribution in [0.4, 0.5) is 5.13 Å². The summed E-state index contributed by atoms with van der Waals surface area (Å²) in [5.74, 6) is 0.912. The van der Waals surface area contributed by atoms with E-state index in [1.54, 1.807) is 6.07 Å². The third kappa shape index (κ3) is 2.54. The second-order valence-electron chi connectivity index (χ2n) is 4.39. The number of aromatic nitrogens is 1. The van der Waals surface area contributed by atoms with Crippen LogP contribution in [-0.2, 0) is 19.4 Å². The summed E-state index contributed by atoms with van der Waals surface area (Å²) in [6.07, 6.45) is 1.70. The molecule has 1 amide bonds. The number of fused-ring (bicyclic) bond motifs is 1. The van der Waals surface area contributed by atoms with Crippen LogP contribution in [0.5, 0.6) is 0 Å². The molecule has 5 nitrogen and oxygen atoms in total. The van der Waals surface area contributed by atoms with Gasteiger partial charge in [0.05, 0.1) is 5.69 Å². The normalized spacial score (nSPS) is 14.2. The van der Waals surface area contributed by atoms with E-state index in [1.807, 2.05) is 13.0 Å². The third-order valence-corrected chi connectivity index (χ3v) is 4.07. The summed E-state index contributed by atoms with van der Waals surface area (Å²) in [4.78, 5) is 17.7. The van der Waals surface area contributed by atoms with Crippen molar-refractivity contribution in [3.8, 4) is 0 Å². The molecule has 2 aromatic heterocycles. The first kappa shape index (κ1) is 12.4. The van der Waals surface area contributed by atoms with Gasteiger partial charge in [0.15, 0.2) is 10.9 Å². The lowest BCUT2D eigenvalue weighted by molar-refractivity contribution is 0.0995. The summed E-state index contributed by atoms with van der Waals surface area (Å²) in [6.45, 7) is 3.77. The van der Waals surface area contributed by atoms with Gasteiger partial charge in [-0.05, 0) is 12.1 Å². The average Bonchev–Trinajstić information content (AvgIpc) is 3.04. The van der Waals surface area contributed by atoms with E-state index in [9.17, 15) is 4.79 Å². The molecule has 0 aromatic carbocycles. The molecule has 0 fully saturated rings. The Morgan fingerprint density at radius 3 is 3.21 bits per heavy atom. The van der Waals surface area contributed by atoms with Gasteiger partial charge in [-0.15, -0.1) is 11.3 Å². The van der Waals surface area contributed by atoms with Gasteiger partial charge >= 0.3 is 0 Å². The molecule has 0 spiro atoms. The number of hydrogen-bond donors (Lipinski definition) is 2. The summed E-state index contributed by atoms with van der Waals surface area (Å²) < 4.78 is 5.42. The fourth-order valence-electron chi connectivity index (χ4n) is 2.03. The molecular weight excluding hydrogens is 262 g/mol. The van der Waals surface area contributed by atoms with Crippen molar-refractivity contribution >= 4 is 22.4 Å². The maximum atomic E-state index is 12.0. The molecule has 19 heavy (non-hydrogen) atoms. The number of rotatable bonds is 3. The Balaban J connectivity index is 1.73. The van der Waals surface area contributed by atoms with E-state index < -0.39 is 0 Å². The van der Waals surface area contributed by atoms with Gasteiger partial charge in [0, 0.05) is 30.8 Å². The monoisotopic (exact) mass is 277 g/mol. The number of hydrogen-bond acceptors (Lipinski definition) is 5.